The maximum Gasteiger partial charge on any atom is 0.271 e. The van der Waals surface area contributed by atoms with Gasteiger partial charge in [-0.25, -0.2) is 0 Å². The van der Waals surface area contributed by atoms with Crippen molar-refractivity contribution >= 4 is 17.5 Å². The summed E-state index contributed by atoms with van der Waals surface area (Å²) in [4.78, 5) is 14.4. The molecule has 0 unspecified atom stereocenters. The number of rotatable bonds is 5. The zero-order chi connectivity index (χ0) is 18.8. The minimum Gasteiger partial charge on any atom is -0.336 e. The number of H-pyrrole nitrogens is 1. The average Bonchev–Trinajstić information content (AvgIpc) is 3.22. The van der Waals surface area contributed by atoms with Crippen LogP contribution in [0.15, 0.2) is 30.3 Å². The van der Waals surface area contributed by atoms with Crippen LogP contribution in [0.5, 0.6) is 0 Å². The molecule has 0 aliphatic rings. The predicted molar refractivity (Wildman–Crippen MR) is 102 cm³/mol. The molecule has 2 heterocycles. The van der Waals surface area contributed by atoms with Crippen molar-refractivity contribution in [1.82, 2.24) is 24.9 Å². The second-order valence-electron chi connectivity index (χ2n) is 6.30. The largest absolute Gasteiger partial charge is 0.336 e. The van der Waals surface area contributed by atoms with Crippen LogP contribution in [0.2, 0.25) is 5.02 Å². The smallest absolute Gasteiger partial charge is 0.271 e. The lowest BCUT2D eigenvalue weighted by molar-refractivity contribution is 0.0779. The lowest BCUT2D eigenvalue weighted by atomic mass is 10.1. The van der Waals surface area contributed by atoms with Crippen LogP contribution in [0.1, 0.15) is 34.4 Å². The van der Waals surface area contributed by atoms with Gasteiger partial charge in [0.15, 0.2) is 0 Å². The first-order valence-electron chi connectivity index (χ1n) is 8.50. The topological polar surface area (TPSA) is 66.8 Å². The van der Waals surface area contributed by atoms with Gasteiger partial charge in [-0.3, -0.25) is 14.6 Å². The first-order valence-corrected chi connectivity index (χ1v) is 8.88. The molecule has 0 bridgehead atoms. The Morgan fingerprint density at radius 3 is 2.58 bits per heavy atom. The summed E-state index contributed by atoms with van der Waals surface area (Å²) in [7, 11) is 1.79. The molecule has 26 heavy (non-hydrogen) atoms. The van der Waals surface area contributed by atoms with Crippen LogP contribution in [-0.2, 0) is 13.1 Å². The molecular formula is C19H22ClN5O. The van der Waals surface area contributed by atoms with Gasteiger partial charge in [0.1, 0.15) is 5.69 Å². The zero-order valence-electron chi connectivity index (χ0n) is 15.4. The van der Waals surface area contributed by atoms with Crippen molar-refractivity contribution in [2.75, 3.05) is 7.05 Å². The molecule has 136 valence electrons. The van der Waals surface area contributed by atoms with Gasteiger partial charge in [-0.2, -0.15) is 10.2 Å². The fourth-order valence-corrected chi connectivity index (χ4v) is 3.11. The van der Waals surface area contributed by atoms with Gasteiger partial charge in [0.2, 0.25) is 0 Å². The van der Waals surface area contributed by atoms with Crippen LogP contribution in [0, 0.1) is 13.8 Å². The van der Waals surface area contributed by atoms with Gasteiger partial charge in [0, 0.05) is 42.0 Å². The van der Waals surface area contributed by atoms with Crippen molar-refractivity contribution in [2.45, 2.75) is 33.9 Å². The number of hydrogen-bond donors (Lipinski definition) is 1. The maximum atomic E-state index is 12.8. The summed E-state index contributed by atoms with van der Waals surface area (Å²) >= 11 is 5.92. The molecule has 0 radical (unpaired) electrons. The fourth-order valence-electron chi connectivity index (χ4n) is 2.99. The van der Waals surface area contributed by atoms with Gasteiger partial charge in [-0.1, -0.05) is 23.7 Å². The number of carbonyl (C=O) groups excluding carboxylic acids is 1. The van der Waals surface area contributed by atoms with Crippen LogP contribution >= 0.6 is 11.6 Å². The average molecular weight is 372 g/mol. The number of nitrogens with one attached hydrogen (secondary N) is 1. The molecule has 2 aromatic heterocycles. The van der Waals surface area contributed by atoms with Crippen molar-refractivity contribution in [2.24, 2.45) is 0 Å². The summed E-state index contributed by atoms with van der Waals surface area (Å²) in [5.41, 5.74) is 5.20. The summed E-state index contributed by atoms with van der Waals surface area (Å²) in [6.07, 6.45) is 0. The molecule has 0 spiro atoms. The van der Waals surface area contributed by atoms with Crippen molar-refractivity contribution in [3.63, 3.8) is 0 Å². The standard InChI is InChI=1S/C19H22ClN5O/c1-5-25-13(3)16(12(2)23-25)11-24(4)19(26)18-10-17(21-22-18)14-6-8-15(20)9-7-14/h6-10H,5,11H2,1-4H3,(H,21,22). The van der Waals surface area contributed by atoms with E-state index >= 15 is 0 Å². The van der Waals surface area contributed by atoms with E-state index in [0.29, 0.717) is 23.0 Å². The van der Waals surface area contributed by atoms with Crippen LogP contribution in [-0.4, -0.2) is 37.8 Å². The summed E-state index contributed by atoms with van der Waals surface area (Å²) in [6.45, 7) is 7.38. The van der Waals surface area contributed by atoms with Crippen LogP contribution in [0.4, 0.5) is 0 Å². The lowest BCUT2D eigenvalue weighted by Crippen LogP contribution is -2.27. The van der Waals surface area contributed by atoms with Gasteiger partial charge >= 0.3 is 0 Å². The van der Waals surface area contributed by atoms with Crippen LogP contribution in [0.3, 0.4) is 0 Å². The number of carbonyl (C=O) groups is 1. The highest BCUT2D eigenvalue weighted by molar-refractivity contribution is 6.30. The van der Waals surface area contributed by atoms with Gasteiger partial charge in [-0.15, -0.1) is 0 Å². The van der Waals surface area contributed by atoms with Gasteiger partial charge < -0.3 is 4.90 Å². The Kier molecular flexibility index (Phi) is 5.13. The number of aryl methyl sites for hydroxylation is 2. The zero-order valence-corrected chi connectivity index (χ0v) is 16.1. The Morgan fingerprint density at radius 1 is 1.27 bits per heavy atom. The predicted octanol–water partition coefficient (Wildman–Crippen LogP) is 3.84. The van der Waals surface area contributed by atoms with E-state index in [2.05, 4.69) is 22.2 Å². The highest BCUT2D eigenvalue weighted by atomic mass is 35.5. The van der Waals surface area contributed by atoms with E-state index < -0.39 is 0 Å². The maximum absolute atomic E-state index is 12.8. The molecule has 3 rings (SSSR count). The molecule has 3 aromatic rings. The number of aromatic amines is 1. The molecule has 0 fully saturated rings. The van der Waals surface area contributed by atoms with Crippen molar-refractivity contribution in [1.29, 1.82) is 0 Å². The Bertz CT molecular complexity index is 926. The summed E-state index contributed by atoms with van der Waals surface area (Å²) in [6, 6.07) is 9.12. The number of amides is 1. The van der Waals surface area contributed by atoms with Gasteiger partial charge in [-0.05, 0) is 39.0 Å². The molecule has 6 nitrogen and oxygen atoms in total. The van der Waals surface area contributed by atoms with Crippen LogP contribution < -0.4 is 0 Å². The number of benzene rings is 1. The fraction of sp³-hybridized carbons (Fsp3) is 0.316. The normalized spacial score (nSPS) is 11.0. The van der Waals surface area contributed by atoms with E-state index in [-0.39, 0.29) is 5.91 Å². The number of hydrogen-bond acceptors (Lipinski definition) is 3. The van der Waals surface area contributed by atoms with Gasteiger partial charge in [0.05, 0.1) is 11.4 Å². The Labute approximate surface area is 157 Å². The quantitative estimate of drug-likeness (QED) is 0.741. The van der Waals surface area contributed by atoms with Crippen molar-refractivity contribution in [3.05, 3.63) is 58.0 Å². The number of nitrogens with zero attached hydrogens (tertiary/aromatic N) is 4. The highest BCUT2D eigenvalue weighted by Gasteiger charge is 2.19. The molecule has 1 N–H and O–H groups in total. The van der Waals surface area contributed by atoms with E-state index in [9.17, 15) is 4.79 Å². The third-order valence-electron chi connectivity index (χ3n) is 4.52. The number of halogens is 1. The first-order chi connectivity index (χ1) is 12.4. The number of aromatic nitrogens is 4. The molecule has 1 amide bonds. The summed E-state index contributed by atoms with van der Waals surface area (Å²) in [5, 5.41) is 12.3. The molecule has 0 saturated heterocycles. The van der Waals surface area contributed by atoms with Crippen molar-refractivity contribution < 1.29 is 4.79 Å². The van der Waals surface area contributed by atoms with E-state index in [4.69, 9.17) is 11.6 Å². The van der Waals surface area contributed by atoms with Crippen LogP contribution in [0.25, 0.3) is 11.3 Å². The van der Waals surface area contributed by atoms with E-state index in [1.807, 2.05) is 30.7 Å². The second kappa shape index (κ2) is 7.33. The van der Waals surface area contributed by atoms with E-state index in [0.717, 1.165) is 29.1 Å². The minimum absolute atomic E-state index is 0.110. The lowest BCUT2D eigenvalue weighted by Gasteiger charge is -2.16. The Morgan fingerprint density at radius 2 is 1.96 bits per heavy atom. The second-order valence-corrected chi connectivity index (χ2v) is 6.74. The molecule has 1 aromatic carbocycles. The molecular weight excluding hydrogens is 350 g/mol. The molecule has 0 aliphatic heterocycles. The third kappa shape index (κ3) is 3.51. The highest BCUT2D eigenvalue weighted by Crippen LogP contribution is 2.21. The molecule has 0 saturated carbocycles. The Hall–Kier alpha value is -2.60. The third-order valence-corrected chi connectivity index (χ3v) is 4.77. The minimum atomic E-state index is -0.110. The van der Waals surface area contributed by atoms with E-state index in [1.54, 1.807) is 30.1 Å². The summed E-state index contributed by atoms with van der Waals surface area (Å²) in [5.74, 6) is -0.110. The summed E-state index contributed by atoms with van der Waals surface area (Å²) < 4.78 is 1.96. The Balaban J connectivity index is 1.77. The SMILES string of the molecule is CCn1nc(C)c(CN(C)C(=O)c2cc(-c3ccc(Cl)cc3)n[nH]2)c1C. The van der Waals surface area contributed by atoms with E-state index in [1.165, 1.54) is 0 Å². The molecule has 7 heteroatoms. The van der Waals surface area contributed by atoms with Gasteiger partial charge in [0.25, 0.3) is 5.91 Å². The van der Waals surface area contributed by atoms with Crippen molar-refractivity contribution in [3.8, 4) is 11.3 Å². The monoisotopic (exact) mass is 371 g/mol. The first kappa shape index (κ1) is 18.2. The molecule has 0 atom stereocenters. The molecule has 0 aliphatic carbocycles.